The van der Waals surface area contributed by atoms with Gasteiger partial charge in [0.15, 0.2) is 0 Å². The first-order valence-corrected chi connectivity index (χ1v) is 6.69. The number of allylic oxidation sites excluding steroid dienone is 2. The highest BCUT2D eigenvalue weighted by Crippen LogP contribution is 2.23. The van der Waals surface area contributed by atoms with Crippen LogP contribution in [0.25, 0.3) is 12.2 Å². The molecule has 0 aliphatic carbocycles. The second-order valence-corrected chi connectivity index (χ2v) is 4.65. The standard InChI is InChI=1S/C19H17N/c1-16(13-14-17-8-3-2-4-9-17)19-12-6-5-10-18(19)11-7-15-20/h2-14,16H,1H3/b11-7+,14-13+. The SMILES string of the molecule is CC(/C=C/c1ccccc1)c1ccccc1/C=C/C#N. The Hall–Kier alpha value is -2.59. The average Bonchev–Trinajstić information content (AvgIpc) is 2.52. The summed E-state index contributed by atoms with van der Waals surface area (Å²) >= 11 is 0. The molecule has 20 heavy (non-hydrogen) atoms. The Labute approximate surface area is 120 Å². The Bertz CT molecular complexity index is 645. The van der Waals surface area contributed by atoms with E-state index in [-0.39, 0.29) is 0 Å². The van der Waals surface area contributed by atoms with E-state index < -0.39 is 0 Å². The van der Waals surface area contributed by atoms with Crippen LogP contribution < -0.4 is 0 Å². The quantitative estimate of drug-likeness (QED) is 0.706. The van der Waals surface area contributed by atoms with Crippen molar-refractivity contribution in [2.24, 2.45) is 0 Å². The summed E-state index contributed by atoms with van der Waals surface area (Å²) in [5, 5.41) is 8.66. The van der Waals surface area contributed by atoms with Gasteiger partial charge in [0.05, 0.1) is 6.07 Å². The van der Waals surface area contributed by atoms with Gasteiger partial charge < -0.3 is 0 Å². The minimum absolute atomic E-state index is 0.301. The maximum atomic E-state index is 8.66. The fourth-order valence-electron chi connectivity index (χ4n) is 2.13. The summed E-state index contributed by atoms with van der Waals surface area (Å²) in [7, 11) is 0. The van der Waals surface area contributed by atoms with E-state index in [9.17, 15) is 0 Å². The van der Waals surface area contributed by atoms with Crippen molar-refractivity contribution in [3.05, 3.63) is 83.4 Å². The van der Waals surface area contributed by atoms with Gasteiger partial charge in [-0.05, 0) is 28.7 Å². The normalized spacial score (nSPS) is 12.6. The van der Waals surface area contributed by atoms with Crippen molar-refractivity contribution in [2.45, 2.75) is 12.8 Å². The van der Waals surface area contributed by atoms with E-state index >= 15 is 0 Å². The first-order valence-electron chi connectivity index (χ1n) is 6.69. The molecule has 0 heterocycles. The first-order chi connectivity index (χ1) is 9.81. The second-order valence-electron chi connectivity index (χ2n) is 4.65. The van der Waals surface area contributed by atoms with Crippen LogP contribution in [0.15, 0.2) is 66.7 Å². The molecule has 0 fully saturated rings. The monoisotopic (exact) mass is 259 g/mol. The summed E-state index contributed by atoms with van der Waals surface area (Å²) < 4.78 is 0. The van der Waals surface area contributed by atoms with Gasteiger partial charge in [-0.3, -0.25) is 0 Å². The molecule has 0 saturated heterocycles. The summed E-state index contributed by atoms with van der Waals surface area (Å²) in [4.78, 5) is 0. The van der Waals surface area contributed by atoms with Crippen molar-refractivity contribution in [1.29, 1.82) is 5.26 Å². The van der Waals surface area contributed by atoms with E-state index in [1.807, 2.05) is 48.5 Å². The van der Waals surface area contributed by atoms with E-state index in [2.05, 4.69) is 37.3 Å². The molecule has 0 aliphatic heterocycles. The molecule has 2 aromatic carbocycles. The van der Waals surface area contributed by atoms with Crippen molar-refractivity contribution in [2.75, 3.05) is 0 Å². The van der Waals surface area contributed by atoms with Crippen LogP contribution in [-0.4, -0.2) is 0 Å². The molecule has 2 aromatic rings. The largest absolute Gasteiger partial charge is 0.193 e. The molecular formula is C19H17N. The molecule has 2 rings (SSSR count). The number of hydrogen-bond acceptors (Lipinski definition) is 1. The zero-order chi connectivity index (χ0) is 14.2. The number of nitriles is 1. The third kappa shape index (κ3) is 3.70. The van der Waals surface area contributed by atoms with Gasteiger partial charge in [0.25, 0.3) is 0 Å². The second kappa shape index (κ2) is 7.11. The van der Waals surface area contributed by atoms with E-state index in [1.165, 1.54) is 17.2 Å². The zero-order valence-electron chi connectivity index (χ0n) is 11.5. The molecule has 0 aliphatic rings. The van der Waals surface area contributed by atoms with Crippen LogP contribution in [0.4, 0.5) is 0 Å². The molecule has 0 radical (unpaired) electrons. The lowest BCUT2D eigenvalue weighted by atomic mass is 9.94. The highest BCUT2D eigenvalue weighted by molar-refractivity contribution is 5.58. The topological polar surface area (TPSA) is 23.8 Å². The molecule has 1 heteroatoms. The van der Waals surface area contributed by atoms with Crippen LogP contribution in [0.5, 0.6) is 0 Å². The lowest BCUT2D eigenvalue weighted by Gasteiger charge is -2.10. The molecule has 0 aromatic heterocycles. The Morgan fingerprint density at radius 3 is 2.40 bits per heavy atom. The van der Waals surface area contributed by atoms with Crippen LogP contribution in [0.3, 0.4) is 0 Å². The molecule has 98 valence electrons. The minimum atomic E-state index is 0.301. The predicted octanol–water partition coefficient (Wildman–Crippen LogP) is 5.04. The third-order valence-electron chi connectivity index (χ3n) is 3.20. The Kier molecular flexibility index (Phi) is 4.92. The van der Waals surface area contributed by atoms with Gasteiger partial charge in [0.1, 0.15) is 0 Å². The summed E-state index contributed by atoms with van der Waals surface area (Å²) in [6.07, 6.45) is 7.71. The minimum Gasteiger partial charge on any atom is -0.193 e. The summed E-state index contributed by atoms with van der Waals surface area (Å²) in [5.74, 6) is 0.301. The van der Waals surface area contributed by atoms with Crippen LogP contribution in [0, 0.1) is 11.3 Å². The van der Waals surface area contributed by atoms with Gasteiger partial charge in [-0.1, -0.05) is 73.7 Å². The van der Waals surface area contributed by atoms with Gasteiger partial charge >= 0.3 is 0 Å². The number of hydrogen-bond donors (Lipinski definition) is 0. The van der Waals surface area contributed by atoms with Gasteiger partial charge in [-0.2, -0.15) is 5.26 Å². The fraction of sp³-hybridized carbons (Fsp3) is 0.105. The fourth-order valence-corrected chi connectivity index (χ4v) is 2.13. The highest BCUT2D eigenvalue weighted by Gasteiger charge is 2.05. The van der Waals surface area contributed by atoms with Crippen molar-refractivity contribution >= 4 is 12.2 Å². The van der Waals surface area contributed by atoms with E-state index in [4.69, 9.17) is 5.26 Å². The van der Waals surface area contributed by atoms with Crippen molar-refractivity contribution in [1.82, 2.24) is 0 Å². The summed E-state index contributed by atoms with van der Waals surface area (Å²) in [6, 6.07) is 20.5. The van der Waals surface area contributed by atoms with Crippen molar-refractivity contribution in [3.63, 3.8) is 0 Å². The molecule has 0 spiro atoms. The van der Waals surface area contributed by atoms with Gasteiger partial charge in [-0.25, -0.2) is 0 Å². The Balaban J connectivity index is 2.21. The smallest absolute Gasteiger partial charge is 0.0912 e. The highest BCUT2D eigenvalue weighted by atomic mass is 14.2. The van der Waals surface area contributed by atoms with Crippen LogP contribution >= 0.6 is 0 Å². The average molecular weight is 259 g/mol. The molecular weight excluding hydrogens is 242 g/mol. The van der Waals surface area contributed by atoms with Gasteiger partial charge in [0, 0.05) is 6.08 Å². The molecule has 0 amide bonds. The van der Waals surface area contributed by atoms with Gasteiger partial charge in [0.2, 0.25) is 0 Å². The lowest BCUT2D eigenvalue weighted by molar-refractivity contribution is 0.969. The predicted molar refractivity (Wildman–Crippen MR) is 85.0 cm³/mol. The van der Waals surface area contributed by atoms with Crippen molar-refractivity contribution in [3.8, 4) is 6.07 Å². The number of nitrogens with zero attached hydrogens (tertiary/aromatic N) is 1. The van der Waals surface area contributed by atoms with Crippen molar-refractivity contribution < 1.29 is 0 Å². The maximum Gasteiger partial charge on any atom is 0.0912 e. The maximum absolute atomic E-state index is 8.66. The van der Waals surface area contributed by atoms with Gasteiger partial charge in [-0.15, -0.1) is 0 Å². The van der Waals surface area contributed by atoms with Crippen LogP contribution in [-0.2, 0) is 0 Å². The zero-order valence-corrected chi connectivity index (χ0v) is 11.5. The van der Waals surface area contributed by atoms with E-state index in [0.717, 1.165) is 5.56 Å². The first kappa shape index (κ1) is 13.8. The lowest BCUT2D eigenvalue weighted by Crippen LogP contribution is -1.92. The van der Waals surface area contributed by atoms with E-state index in [1.54, 1.807) is 0 Å². The Morgan fingerprint density at radius 2 is 1.65 bits per heavy atom. The van der Waals surface area contributed by atoms with E-state index in [0.29, 0.717) is 5.92 Å². The summed E-state index contributed by atoms with van der Waals surface area (Å²) in [5.41, 5.74) is 3.52. The molecule has 0 saturated carbocycles. The number of rotatable bonds is 4. The van der Waals surface area contributed by atoms with Crippen LogP contribution in [0.2, 0.25) is 0 Å². The molecule has 1 nitrogen and oxygen atoms in total. The molecule has 1 unspecified atom stereocenters. The molecule has 0 bridgehead atoms. The number of benzene rings is 2. The van der Waals surface area contributed by atoms with Crippen LogP contribution in [0.1, 0.15) is 29.5 Å². The Morgan fingerprint density at radius 1 is 0.950 bits per heavy atom. The summed E-state index contributed by atoms with van der Waals surface area (Å²) in [6.45, 7) is 2.17. The molecule has 1 atom stereocenters. The third-order valence-corrected chi connectivity index (χ3v) is 3.20. The molecule has 0 N–H and O–H groups in total.